The number of nitrogens with one attached hydrogen (secondary N) is 1. The maximum atomic E-state index is 13.1. The predicted octanol–water partition coefficient (Wildman–Crippen LogP) is 4.22. The molecule has 1 heterocycles. The Morgan fingerprint density at radius 2 is 1.76 bits per heavy atom. The topological polar surface area (TPSA) is 110 Å². The van der Waals surface area contributed by atoms with Crippen LogP contribution < -0.4 is 11.1 Å². The Morgan fingerprint density at radius 1 is 1.09 bits per heavy atom. The van der Waals surface area contributed by atoms with E-state index < -0.39 is 5.91 Å². The highest BCUT2D eigenvalue weighted by atomic mass is 35.5. The second kappa shape index (κ2) is 10.3. The number of imidazole rings is 1. The minimum absolute atomic E-state index is 0.0489. The number of aromatic nitrogens is 2. The van der Waals surface area contributed by atoms with Gasteiger partial charge in [-0.15, -0.1) is 0 Å². The van der Waals surface area contributed by atoms with Gasteiger partial charge in [-0.25, -0.2) is 4.98 Å². The van der Waals surface area contributed by atoms with Gasteiger partial charge in [-0.3, -0.25) is 19.7 Å². The first-order valence-electron chi connectivity index (χ1n) is 11.5. The summed E-state index contributed by atoms with van der Waals surface area (Å²) in [5, 5.41) is 3.33. The van der Waals surface area contributed by atoms with Crippen molar-refractivity contribution >= 4 is 46.3 Å². The molecule has 1 aliphatic carbocycles. The Labute approximate surface area is 203 Å². The molecule has 0 aliphatic heterocycles. The van der Waals surface area contributed by atoms with Crippen LogP contribution in [0.15, 0.2) is 42.5 Å². The largest absolute Gasteiger partial charge is 0.370 e. The molecule has 0 unspecified atom stereocenters. The molecule has 9 heteroatoms. The molecule has 178 valence electrons. The van der Waals surface area contributed by atoms with Crippen molar-refractivity contribution in [1.29, 1.82) is 0 Å². The van der Waals surface area contributed by atoms with Crippen molar-refractivity contribution in [2.45, 2.75) is 51.1 Å². The van der Waals surface area contributed by atoms with Crippen molar-refractivity contribution in [1.82, 2.24) is 14.5 Å². The summed E-state index contributed by atoms with van der Waals surface area (Å²) in [5.41, 5.74) is 7.57. The third kappa shape index (κ3) is 5.22. The molecular formula is C25H28ClN5O3. The van der Waals surface area contributed by atoms with Crippen LogP contribution in [0.4, 0.5) is 5.95 Å². The molecule has 0 saturated heterocycles. The minimum Gasteiger partial charge on any atom is -0.370 e. The molecule has 34 heavy (non-hydrogen) atoms. The SMILES string of the molecule is CN(C(=O)c1ccc2c(c1)nc(NC(=O)c1ccc(Cl)cc1)n2CCC(N)=O)C1CCCCC1. The quantitative estimate of drug-likeness (QED) is 0.526. The number of rotatable bonds is 7. The van der Waals surface area contributed by atoms with E-state index in [-0.39, 0.29) is 36.8 Å². The van der Waals surface area contributed by atoms with Crippen LogP contribution in [0, 0.1) is 0 Å². The van der Waals surface area contributed by atoms with Crippen LogP contribution in [0.1, 0.15) is 59.2 Å². The molecule has 0 atom stereocenters. The average molecular weight is 482 g/mol. The maximum absolute atomic E-state index is 13.1. The second-order valence-corrected chi connectivity index (χ2v) is 9.11. The number of nitrogens with two attached hydrogens (primary N) is 1. The van der Waals surface area contributed by atoms with Crippen molar-refractivity contribution in [3.05, 3.63) is 58.6 Å². The van der Waals surface area contributed by atoms with E-state index in [1.165, 1.54) is 6.42 Å². The number of carbonyl (C=O) groups is 3. The Bertz CT molecular complexity index is 1220. The lowest BCUT2D eigenvalue weighted by Gasteiger charge is -2.31. The summed E-state index contributed by atoms with van der Waals surface area (Å²) >= 11 is 5.92. The number of hydrogen-bond acceptors (Lipinski definition) is 4. The van der Waals surface area contributed by atoms with Crippen LogP contribution in [0.25, 0.3) is 11.0 Å². The van der Waals surface area contributed by atoms with Gasteiger partial charge in [0, 0.05) is 42.2 Å². The number of benzene rings is 2. The number of halogens is 1. The van der Waals surface area contributed by atoms with E-state index in [0.29, 0.717) is 27.2 Å². The van der Waals surface area contributed by atoms with Gasteiger partial charge in [-0.05, 0) is 55.3 Å². The van der Waals surface area contributed by atoms with Gasteiger partial charge in [0.1, 0.15) is 0 Å². The molecule has 1 aromatic heterocycles. The lowest BCUT2D eigenvalue weighted by Crippen LogP contribution is -2.38. The average Bonchev–Trinajstić information content (AvgIpc) is 3.18. The van der Waals surface area contributed by atoms with Crippen LogP contribution in [0.3, 0.4) is 0 Å². The first kappa shape index (κ1) is 23.8. The van der Waals surface area contributed by atoms with Gasteiger partial charge in [-0.2, -0.15) is 0 Å². The highest BCUT2D eigenvalue weighted by molar-refractivity contribution is 6.30. The maximum Gasteiger partial charge on any atom is 0.257 e. The normalized spacial score (nSPS) is 14.2. The first-order valence-corrected chi connectivity index (χ1v) is 11.8. The molecule has 1 fully saturated rings. The van der Waals surface area contributed by atoms with E-state index in [0.717, 1.165) is 25.7 Å². The van der Waals surface area contributed by atoms with E-state index in [9.17, 15) is 14.4 Å². The third-order valence-electron chi connectivity index (χ3n) is 6.35. The number of anilines is 1. The van der Waals surface area contributed by atoms with E-state index in [4.69, 9.17) is 17.3 Å². The molecule has 1 aliphatic rings. The van der Waals surface area contributed by atoms with E-state index >= 15 is 0 Å². The predicted molar refractivity (Wildman–Crippen MR) is 132 cm³/mol. The second-order valence-electron chi connectivity index (χ2n) is 8.68. The Morgan fingerprint density at radius 3 is 2.44 bits per heavy atom. The molecule has 3 amide bonds. The highest BCUT2D eigenvalue weighted by Gasteiger charge is 2.24. The first-order chi connectivity index (χ1) is 16.3. The Kier molecular flexibility index (Phi) is 7.17. The van der Waals surface area contributed by atoms with Gasteiger partial charge in [0.05, 0.1) is 11.0 Å². The zero-order valence-electron chi connectivity index (χ0n) is 19.1. The lowest BCUT2D eigenvalue weighted by molar-refractivity contribution is -0.118. The van der Waals surface area contributed by atoms with Crippen molar-refractivity contribution in [2.24, 2.45) is 5.73 Å². The van der Waals surface area contributed by atoms with Gasteiger partial charge in [0.25, 0.3) is 11.8 Å². The summed E-state index contributed by atoms with van der Waals surface area (Å²) in [7, 11) is 1.85. The fraction of sp³-hybridized carbons (Fsp3) is 0.360. The van der Waals surface area contributed by atoms with Gasteiger partial charge in [0.2, 0.25) is 11.9 Å². The number of carbonyl (C=O) groups excluding carboxylic acids is 3. The van der Waals surface area contributed by atoms with Gasteiger partial charge in [0.15, 0.2) is 0 Å². The number of aryl methyl sites for hydroxylation is 1. The molecule has 8 nitrogen and oxygen atoms in total. The summed E-state index contributed by atoms with van der Waals surface area (Å²) in [4.78, 5) is 43.7. The molecule has 2 aromatic carbocycles. The van der Waals surface area contributed by atoms with Gasteiger partial charge in [-0.1, -0.05) is 30.9 Å². The molecule has 4 rings (SSSR count). The third-order valence-corrected chi connectivity index (χ3v) is 6.60. The molecule has 1 saturated carbocycles. The molecule has 0 bridgehead atoms. The highest BCUT2D eigenvalue weighted by Crippen LogP contribution is 2.26. The van der Waals surface area contributed by atoms with Gasteiger partial charge >= 0.3 is 0 Å². The zero-order chi connectivity index (χ0) is 24.2. The van der Waals surface area contributed by atoms with E-state index in [2.05, 4.69) is 10.3 Å². The van der Waals surface area contributed by atoms with Crippen molar-refractivity contribution in [2.75, 3.05) is 12.4 Å². The summed E-state index contributed by atoms with van der Waals surface area (Å²) in [6.07, 6.45) is 5.63. The van der Waals surface area contributed by atoms with Crippen molar-refractivity contribution in [3.63, 3.8) is 0 Å². The van der Waals surface area contributed by atoms with E-state index in [1.807, 2.05) is 11.9 Å². The zero-order valence-corrected chi connectivity index (χ0v) is 19.8. The summed E-state index contributed by atoms with van der Waals surface area (Å²) in [5.74, 6) is -0.591. The standard InChI is InChI=1S/C25H28ClN5O3/c1-30(19-5-3-2-4-6-19)24(34)17-9-12-21-20(15-17)28-25(31(21)14-13-22(27)32)29-23(33)16-7-10-18(26)11-8-16/h7-12,15,19H,2-6,13-14H2,1H3,(H2,27,32)(H,28,29,33). The van der Waals surface area contributed by atoms with E-state index in [1.54, 1.807) is 47.0 Å². The van der Waals surface area contributed by atoms with Gasteiger partial charge < -0.3 is 15.2 Å². The molecule has 0 spiro atoms. The fourth-order valence-corrected chi connectivity index (χ4v) is 4.55. The van der Waals surface area contributed by atoms with Crippen LogP contribution >= 0.6 is 11.6 Å². The summed E-state index contributed by atoms with van der Waals surface area (Å²) < 4.78 is 1.73. The van der Waals surface area contributed by atoms with Crippen LogP contribution in [0.5, 0.6) is 0 Å². The lowest BCUT2D eigenvalue weighted by atomic mass is 9.94. The number of fused-ring (bicyclic) bond motifs is 1. The monoisotopic (exact) mass is 481 g/mol. The molecule has 3 N–H and O–H groups in total. The fourth-order valence-electron chi connectivity index (χ4n) is 4.42. The molecule has 0 radical (unpaired) electrons. The number of hydrogen-bond donors (Lipinski definition) is 2. The van der Waals surface area contributed by atoms with Crippen LogP contribution in [0.2, 0.25) is 5.02 Å². The van der Waals surface area contributed by atoms with Crippen molar-refractivity contribution in [3.8, 4) is 0 Å². The molecular weight excluding hydrogens is 454 g/mol. The number of nitrogens with zero attached hydrogens (tertiary/aromatic N) is 3. The molecule has 3 aromatic rings. The minimum atomic E-state index is -0.460. The number of amides is 3. The van der Waals surface area contributed by atoms with Crippen molar-refractivity contribution < 1.29 is 14.4 Å². The van der Waals surface area contributed by atoms with Crippen LogP contribution in [-0.4, -0.2) is 45.3 Å². The number of primary amides is 1. The Balaban J connectivity index is 1.63. The van der Waals surface area contributed by atoms with Crippen LogP contribution in [-0.2, 0) is 11.3 Å². The summed E-state index contributed by atoms with van der Waals surface area (Å²) in [6.45, 7) is 0.247. The smallest absolute Gasteiger partial charge is 0.257 e. The Hall–Kier alpha value is -3.39. The summed E-state index contributed by atoms with van der Waals surface area (Å²) in [6, 6.07) is 12.0.